The van der Waals surface area contributed by atoms with E-state index in [1.807, 2.05) is 0 Å². The number of rotatable bonds is 6. The maximum absolute atomic E-state index is 16.5. The van der Waals surface area contributed by atoms with E-state index in [-0.39, 0.29) is 28.5 Å². The number of alkyl halides is 2. The Balaban J connectivity index is 1.21. The molecule has 6 heterocycles. The second-order valence-electron chi connectivity index (χ2n) is 11.9. The van der Waals surface area contributed by atoms with Gasteiger partial charge in [0.1, 0.15) is 48.2 Å². The summed E-state index contributed by atoms with van der Waals surface area (Å²) < 4.78 is 94.4. The number of carbonyl (C=O) groups excluding carboxylic acids is 2. The molecule has 0 spiro atoms. The molecule has 4 aliphatic heterocycles. The van der Waals surface area contributed by atoms with Crippen LogP contribution >= 0.6 is 26.0 Å². The van der Waals surface area contributed by atoms with Crippen LogP contribution in [0.3, 0.4) is 0 Å². The molecule has 0 aliphatic carbocycles. The third-order valence-electron chi connectivity index (χ3n) is 8.24. The number of aromatic nitrogens is 4. The summed E-state index contributed by atoms with van der Waals surface area (Å²) in [7, 11) is -5.28. The number of hydrogen-bond donors (Lipinski definition) is 4. The molecule has 3 fully saturated rings. The van der Waals surface area contributed by atoms with E-state index in [9.17, 15) is 28.7 Å². The van der Waals surface area contributed by atoms with E-state index in [4.69, 9.17) is 38.1 Å². The maximum Gasteiger partial charge on any atom is 0.474 e. The summed E-state index contributed by atoms with van der Waals surface area (Å²) in [6, 6.07) is 4.64. The number of nitrogens with zero attached hydrogens (tertiary/aromatic N) is 5. The zero-order chi connectivity index (χ0) is 37.7. The Hall–Kier alpha value is -3.44. The van der Waals surface area contributed by atoms with Crippen LogP contribution in [0.2, 0.25) is 0 Å². The fourth-order valence-corrected chi connectivity index (χ4v) is 10.0. The molecule has 25 heteroatoms. The van der Waals surface area contributed by atoms with E-state index in [2.05, 4.69) is 20.3 Å². The number of aliphatic hydroxyl groups is 1. The number of nitrogens with two attached hydrogens (primary N) is 1. The highest BCUT2D eigenvalue weighted by molar-refractivity contribution is 8.54. The second kappa shape index (κ2) is 15.0. The lowest BCUT2D eigenvalue weighted by Gasteiger charge is -2.32. The molecule has 1 aromatic carbocycles. The highest BCUT2D eigenvalue weighted by atomic mass is 32.7. The molecule has 7 rings (SSSR count). The first-order valence-corrected chi connectivity index (χ1v) is 20.3. The maximum atomic E-state index is 16.5. The van der Waals surface area contributed by atoms with Gasteiger partial charge in [-0.3, -0.25) is 37.1 Å². The number of fused-ring (bicyclic) bond motifs is 4. The number of anilines is 1. The van der Waals surface area contributed by atoms with Gasteiger partial charge in [0, 0.05) is 12.7 Å². The van der Waals surface area contributed by atoms with Crippen molar-refractivity contribution in [1.82, 2.24) is 29.9 Å². The smallest absolute Gasteiger partial charge is 0.427 e. The predicted molar refractivity (Wildman–Crippen MR) is 175 cm³/mol. The van der Waals surface area contributed by atoms with Crippen LogP contribution in [-0.4, -0.2) is 109 Å². The lowest BCUT2D eigenvalue weighted by Crippen LogP contribution is -2.53. The Morgan fingerprint density at radius 3 is 2.57 bits per heavy atom. The van der Waals surface area contributed by atoms with Gasteiger partial charge in [-0.2, -0.15) is 0 Å². The number of aliphatic hydroxyl groups excluding tert-OH is 1. The van der Waals surface area contributed by atoms with E-state index in [0.717, 1.165) is 18.5 Å². The zero-order valence-electron chi connectivity index (χ0n) is 27.2. The second-order valence-corrected chi connectivity index (χ2v) is 17.3. The van der Waals surface area contributed by atoms with Crippen LogP contribution in [0, 0.1) is 0 Å². The van der Waals surface area contributed by atoms with Gasteiger partial charge < -0.3 is 30.5 Å². The quantitative estimate of drug-likeness (QED) is 0.120. The Kier molecular flexibility index (Phi) is 10.7. The van der Waals surface area contributed by atoms with Crippen molar-refractivity contribution in [3.05, 3.63) is 54.6 Å². The molecule has 1 amide bonds. The van der Waals surface area contributed by atoms with E-state index in [1.165, 1.54) is 30.0 Å². The Bertz CT molecular complexity index is 2000. The normalized spacial score (nSPS) is 36.6. The topological polar surface area (TPSA) is 258 Å². The van der Waals surface area contributed by atoms with Crippen LogP contribution in [0.25, 0.3) is 11.2 Å². The highest BCUT2D eigenvalue weighted by Gasteiger charge is 2.56. The molecule has 53 heavy (non-hydrogen) atoms. The first-order chi connectivity index (χ1) is 25.2. The first-order valence-electron chi connectivity index (χ1n) is 15.7. The van der Waals surface area contributed by atoms with Crippen molar-refractivity contribution in [3.8, 4) is 5.75 Å². The standard InChI is InChI=1S/C28H31F2N7O13P2S/c1-13(38)46-15-4-2-14(3-5-15)10-53-52(43)45-8-17-20(29)28(37(48-17)16-6-7-19(39)35-26(16)40)50-51(41,42)44-9-18-23(49-52)21(30)27(47-18)36-12-34-22-24(31)32-11-33-25(22)36/h2-7,11-12,16-21,23,27-28,39H,8-10H2,1H3,(H,35,40)(H,41,42)(H2,31,32,33)/t16?,17?,18?,19?,20-,21-,23-,27-,28-,52?/m1/s1. The number of esters is 1. The number of hydroxylamine groups is 2. The summed E-state index contributed by atoms with van der Waals surface area (Å²) in [6.45, 7) is -5.14. The third kappa shape index (κ3) is 8.02. The van der Waals surface area contributed by atoms with Gasteiger partial charge in [0.05, 0.1) is 19.5 Å². The monoisotopic (exact) mass is 805 g/mol. The number of benzene rings is 1. The highest BCUT2D eigenvalue weighted by Crippen LogP contribution is 2.64. The van der Waals surface area contributed by atoms with E-state index in [1.54, 1.807) is 12.1 Å². The fraction of sp³-hybridized carbons (Fsp3) is 0.464. The first kappa shape index (κ1) is 37.9. The number of phosphoric ester groups is 1. The number of imidazole rings is 1. The molecule has 2 bridgehead atoms. The van der Waals surface area contributed by atoms with Crippen molar-refractivity contribution >= 4 is 54.9 Å². The van der Waals surface area contributed by atoms with Gasteiger partial charge >= 0.3 is 20.6 Å². The number of hydrogen-bond acceptors (Lipinski definition) is 18. The van der Waals surface area contributed by atoms with Gasteiger partial charge in [0.25, 0.3) is 0 Å². The van der Waals surface area contributed by atoms with Gasteiger partial charge in [-0.25, -0.2) is 32.9 Å². The van der Waals surface area contributed by atoms with Crippen LogP contribution in [0.5, 0.6) is 5.75 Å². The number of carbonyl (C=O) groups is 2. The Morgan fingerprint density at radius 2 is 1.83 bits per heavy atom. The summed E-state index contributed by atoms with van der Waals surface area (Å²) in [4.78, 5) is 52.4. The molecular weight excluding hydrogens is 774 g/mol. The van der Waals surface area contributed by atoms with E-state index < -0.39 is 95.1 Å². The molecule has 3 aromatic rings. The minimum Gasteiger partial charge on any atom is -0.427 e. The van der Waals surface area contributed by atoms with Crippen molar-refractivity contribution in [2.45, 2.75) is 68.1 Å². The molecule has 0 radical (unpaired) electrons. The van der Waals surface area contributed by atoms with Crippen molar-refractivity contribution < 1.29 is 69.9 Å². The van der Waals surface area contributed by atoms with Gasteiger partial charge in [-0.05, 0) is 35.2 Å². The number of phosphoric acid groups is 1. The molecule has 11 atom stereocenters. The van der Waals surface area contributed by atoms with Crippen molar-refractivity contribution in [2.24, 2.45) is 0 Å². The molecule has 6 unspecified atom stereocenters. The number of ether oxygens (including phenoxy) is 2. The average Bonchev–Trinajstić information content (AvgIpc) is 3.76. The number of amides is 1. The molecule has 4 aliphatic rings. The molecule has 2 aromatic heterocycles. The van der Waals surface area contributed by atoms with Crippen LogP contribution in [0.4, 0.5) is 14.6 Å². The summed E-state index contributed by atoms with van der Waals surface area (Å²) in [5.41, 5.74) is 6.61. The van der Waals surface area contributed by atoms with Crippen molar-refractivity contribution in [3.63, 3.8) is 0 Å². The van der Waals surface area contributed by atoms with E-state index in [0.29, 0.717) is 22.0 Å². The minimum absolute atomic E-state index is 0.00714. The number of nitrogen functional groups attached to an aromatic ring is 1. The van der Waals surface area contributed by atoms with Crippen molar-refractivity contribution in [1.29, 1.82) is 0 Å². The van der Waals surface area contributed by atoms with Gasteiger partial charge in [-0.15, -0.1) is 5.06 Å². The lowest BCUT2D eigenvalue weighted by molar-refractivity contribution is -0.218. The number of nitrogens with one attached hydrogen (secondary N) is 1. The van der Waals surface area contributed by atoms with Crippen LogP contribution < -0.4 is 15.8 Å². The van der Waals surface area contributed by atoms with Crippen molar-refractivity contribution in [2.75, 3.05) is 18.9 Å². The van der Waals surface area contributed by atoms with E-state index >= 15 is 8.78 Å². The molecule has 20 nitrogen and oxygen atoms in total. The molecule has 286 valence electrons. The molecule has 3 saturated heterocycles. The molecule has 5 N–H and O–H groups in total. The lowest BCUT2D eigenvalue weighted by atomic mass is 10.1. The van der Waals surface area contributed by atoms with Gasteiger partial charge in [0.15, 0.2) is 36.3 Å². The van der Waals surface area contributed by atoms with Crippen LogP contribution in [-0.2, 0) is 52.1 Å². The zero-order valence-corrected chi connectivity index (χ0v) is 29.8. The SMILES string of the molecule is CC(=O)Oc1ccc(CSP2(=O)OCC3ON(C4C=CC(O)NC4=O)[C@H](OP(=O)(O)OCC4O[C@@H](n5cnc6c(N)ncnc65)[C@H](F)[C@@H]4O2)[C@@H]3F)cc1. The van der Waals surface area contributed by atoms with Crippen LogP contribution in [0.1, 0.15) is 18.7 Å². The Morgan fingerprint density at radius 1 is 1.08 bits per heavy atom. The molecule has 0 saturated carbocycles. The summed E-state index contributed by atoms with van der Waals surface area (Å²) in [5, 5.41) is 12.6. The predicted octanol–water partition coefficient (Wildman–Crippen LogP) is 1.81. The van der Waals surface area contributed by atoms with Gasteiger partial charge in [-0.1, -0.05) is 18.2 Å². The third-order valence-corrected chi connectivity index (χ3v) is 12.9. The fourth-order valence-electron chi connectivity index (χ4n) is 5.78. The van der Waals surface area contributed by atoms with Gasteiger partial charge in [0.2, 0.25) is 5.91 Å². The average molecular weight is 806 g/mol. The summed E-state index contributed by atoms with van der Waals surface area (Å²) in [6.07, 6.45) is -10.0. The summed E-state index contributed by atoms with van der Waals surface area (Å²) in [5.74, 6) is -1.26. The minimum atomic E-state index is -5.28. The molecular formula is C28H31F2N7O13P2S. The largest absolute Gasteiger partial charge is 0.474 e. The Labute approximate surface area is 301 Å². The van der Waals surface area contributed by atoms with Crippen LogP contribution in [0.15, 0.2) is 49.1 Å². The number of halogens is 2. The summed E-state index contributed by atoms with van der Waals surface area (Å²) >= 11 is 0.593.